The number of hydrogen-bond acceptors (Lipinski definition) is 13. The summed E-state index contributed by atoms with van der Waals surface area (Å²) >= 11 is 0. The second-order valence-electron chi connectivity index (χ2n) is 18.6. The van der Waals surface area contributed by atoms with Crippen LogP contribution in [0.15, 0.2) is 48.5 Å². The van der Waals surface area contributed by atoms with Gasteiger partial charge in [0, 0.05) is 93.2 Å². The zero-order chi connectivity index (χ0) is 44.3. The van der Waals surface area contributed by atoms with E-state index in [1.54, 1.807) is 4.90 Å². The number of rotatable bonds is 5. The third kappa shape index (κ3) is 10.5. The fourth-order valence-corrected chi connectivity index (χ4v) is 11.1. The average Bonchev–Trinajstić information content (AvgIpc) is 3.98. The first-order valence-corrected chi connectivity index (χ1v) is 22.3. The van der Waals surface area contributed by atoms with Gasteiger partial charge in [-0.15, -0.1) is 0 Å². The van der Waals surface area contributed by atoms with E-state index >= 15 is 0 Å². The summed E-state index contributed by atoms with van der Waals surface area (Å²) in [7, 11) is 0. The van der Waals surface area contributed by atoms with Gasteiger partial charge in [0.05, 0.1) is 9.85 Å². The molecule has 8 aliphatic rings. The summed E-state index contributed by atoms with van der Waals surface area (Å²) in [5.41, 5.74) is 0.393. The number of hydrogen-bond donors (Lipinski definition) is 3. The van der Waals surface area contributed by atoms with Gasteiger partial charge in [-0.25, -0.2) is 9.59 Å². The molecule has 0 radical (unpaired) electrons. The third-order valence-electron chi connectivity index (χ3n) is 14.6. The van der Waals surface area contributed by atoms with Gasteiger partial charge in [0.1, 0.15) is 17.3 Å². The summed E-state index contributed by atoms with van der Waals surface area (Å²) in [6, 6.07) is 11.7. The van der Waals surface area contributed by atoms with E-state index in [9.17, 15) is 44.2 Å². The highest BCUT2D eigenvalue weighted by Gasteiger charge is 2.48. The lowest BCUT2D eigenvalue weighted by atomic mass is 9.77. The monoisotopic (exact) mass is 888 g/mol. The molecule has 19 nitrogen and oxygen atoms in total. The molecule has 10 rings (SSSR count). The zero-order valence-electron chi connectivity index (χ0n) is 35.4. The SMILES string of the molecule is C.O=C1CC2(CCN(C3CC4CCC(C3)N4C(=O)Oc3ccc([N+](=O)[O-])cc3)CC2)CN1.O=C1CC2(CCNCC2)CN1.O=C1CC2CCC(C1)N2C(=O)Oc1ccc([N+](=O)[O-])cc1. The first kappa shape index (κ1) is 46.3. The van der Waals surface area contributed by atoms with E-state index in [0.29, 0.717) is 36.5 Å². The largest absolute Gasteiger partial charge is 0.415 e. The molecule has 4 atom stereocenters. The van der Waals surface area contributed by atoms with Crippen molar-refractivity contribution in [3.8, 4) is 11.5 Å². The normalized spacial score (nSPS) is 27.2. The number of benzene rings is 2. The Kier molecular flexibility index (Phi) is 14.2. The molecule has 0 aliphatic carbocycles. The molecule has 2 aromatic carbocycles. The molecule has 2 aromatic rings. The first-order valence-electron chi connectivity index (χ1n) is 22.3. The number of carbonyl (C=O) groups excluding carboxylic acids is 5. The summed E-state index contributed by atoms with van der Waals surface area (Å²) < 4.78 is 10.8. The summed E-state index contributed by atoms with van der Waals surface area (Å²) in [6.45, 7) is 5.92. The van der Waals surface area contributed by atoms with Gasteiger partial charge in [0.15, 0.2) is 0 Å². The van der Waals surface area contributed by atoms with Crippen molar-refractivity contribution in [2.45, 2.75) is 128 Å². The molecule has 2 spiro atoms. The van der Waals surface area contributed by atoms with Crippen molar-refractivity contribution in [1.29, 1.82) is 0 Å². The molecule has 8 fully saturated rings. The number of piperidine rings is 4. The van der Waals surface area contributed by atoms with E-state index in [4.69, 9.17) is 9.47 Å². The predicted molar refractivity (Wildman–Crippen MR) is 233 cm³/mol. The van der Waals surface area contributed by atoms with Crippen molar-refractivity contribution < 1.29 is 43.3 Å². The van der Waals surface area contributed by atoms with Crippen LogP contribution in [0.2, 0.25) is 0 Å². The number of nitrogens with zero attached hydrogens (tertiary/aromatic N) is 5. The van der Waals surface area contributed by atoms with Crippen LogP contribution in [-0.2, 0) is 14.4 Å². The minimum absolute atomic E-state index is 0. The van der Waals surface area contributed by atoms with Crippen LogP contribution in [-0.4, -0.2) is 124 Å². The molecule has 8 saturated heterocycles. The quantitative estimate of drug-likeness (QED) is 0.249. The van der Waals surface area contributed by atoms with Crippen LogP contribution < -0.4 is 25.4 Å². The highest BCUT2D eigenvalue weighted by Crippen LogP contribution is 2.43. The van der Waals surface area contributed by atoms with E-state index in [1.165, 1.54) is 48.5 Å². The van der Waals surface area contributed by atoms with Crippen LogP contribution >= 0.6 is 0 Å². The Balaban J connectivity index is 0.000000159. The summed E-state index contributed by atoms with van der Waals surface area (Å²) in [6.07, 6.45) is 11.4. The molecule has 64 heavy (non-hydrogen) atoms. The number of carbonyl (C=O) groups is 5. The Labute approximate surface area is 372 Å². The number of nitro groups is 2. The lowest BCUT2D eigenvalue weighted by molar-refractivity contribution is -0.385. The average molecular weight is 889 g/mol. The van der Waals surface area contributed by atoms with Crippen LogP contribution in [0.3, 0.4) is 0 Å². The number of likely N-dealkylation sites (tertiary alicyclic amines) is 1. The molecular formula is C45H60N8O11. The number of nitro benzene ring substituents is 2. The van der Waals surface area contributed by atoms with Gasteiger partial charge in [0.2, 0.25) is 11.8 Å². The standard InChI is InChI=1S/C22H28N4O5.C14H14N2O5.C8H14N2O.CH4/c27-20-13-22(14-23-20)7-9-24(10-8-22)18-11-16-1-2-17(12-18)25(16)21(28)31-19-5-3-15(4-6-19)26(29)30;17-12-7-10-1-2-11(8-12)15(10)14(18)21-13-5-3-9(4-6-13)16(19)20;11-7-5-8(6-10-7)1-3-9-4-2-8;/h3-6,16-18H,1-2,7-14H2,(H,23,27);3-6,10-11H,1-2,7-8H2;9H,1-6H2,(H,10,11);1H4. The molecule has 0 saturated carbocycles. The molecule has 19 heteroatoms. The first-order chi connectivity index (χ1) is 30.3. The Bertz CT molecular complexity index is 2040. The fraction of sp³-hybridized carbons (Fsp3) is 0.622. The number of fused-ring (bicyclic) bond motifs is 4. The van der Waals surface area contributed by atoms with Crippen LogP contribution in [0.1, 0.15) is 97.3 Å². The Morgan fingerprint density at radius 1 is 0.609 bits per heavy atom. The number of ketones is 1. The maximum absolute atomic E-state index is 12.8. The van der Waals surface area contributed by atoms with Gasteiger partial charge >= 0.3 is 12.2 Å². The van der Waals surface area contributed by atoms with Crippen molar-refractivity contribution >= 4 is 41.2 Å². The van der Waals surface area contributed by atoms with Crippen LogP contribution in [0, 0.1) is 31.1 Å². The fourth-order valence-electron chi connectivity index (χ4n) is 11.1. The topological polar surface area (TPSA) is 236 Å². The van der Waals surface area contributed by atoms with E-state index in [2.05, 4.69) is 20.9 Å². The smallest absolute Gasteiger partial charge is 0.410 e. The lowest BCUT2D eigenvalue weighted by Crippen LogP contribution is -2.55. The second kappa shape index (κ2) is 19.6. The minimum atomic E-state index is -0.512. The van der Waals surface area contributed by atoms with Gasteiger partial charge in [0.25, 0.3) is 11.4 Å². The van der Waals surface area contributed by atoms with Crippen LogP contribution in [0.5, 0.6) is 11.5 Å². The molecular weight excluding hydrogens is 829 g/mol. The Morgan fingerprint density at radius 2 is 1.02 bits per heavy atom. The molecule has 3 N–H and O–H groups in total. The molecule has 4 unspecified atom stereocenters. The highest BCUT2D eigenvalue weighted by molar-refractivity contribution is 5.84. The van der Waals surface area contributed by atoms with Crippen LogP contribution in [0.25, 0.3) is 0 Å². The van der Waals surface area contributed by atoms with Gasteiger partial charge < -0.3 is 40.1 Å². The summed E-state index contributed by atoms with van der Waals surface area (Å²) in [5.74, 6) is 1.22. The number of non-ortho nitro benzene ring substituents is 2. The van der Waals surface area contributed by atoms with Gasteiger partial charge in [-0.05, 0) is 125 Å². The molecule has 8 aliphatic heterocycles. The van der Waals surface area contributed by atoms with Gasteiger partial charge in [-0.3, -0.25) is 34.6 Å². The van der Waals surface area contributed by atoms with Crippen LogP contribution in [0.4, 0.5) is 21.0 Å². The maximum Gasteiger partial charge on any atom is 0.415 e. The van der Waals surface area contributed by atoms with Crippen molar-refractivity contribution in [3.05, 3.63) is 68.8 Å². The third-order valence-corrected chi connectivity index (χ3v) is 14.6. The molecule has 4 amide bonds. The van der Waals surface area contributed by atoms with E-state index in [-0.39, 0.29) is 77.8 Å². The van der Waals surface area contributed by atoms with Gasteiger partial charge in [-0.2, -0.15) is 0 Å². The second-order valence-corrected chi connectivity index (χ2v) is 18.6. The molecule has 4 bridgehead atoms. The number of Topliss-reactive ketones (excluding diaryl/α,β-unsaturated/α-hetero) is 1. The zero-order valence-corrected chi connectivity index (χ0v) is 35.4. The van der Waals surface area contributed by atoms with Gasteiger partial charge in [-0.1, -0.05) is 7.43 Å². The minimum Gasteiger partial charge on any atom is -0.410 e. The predicted octanol–water partition coefficient (Wildman–Crippen LogP) is 5.49. The Hall–Kier alpha value is -5.69. The van der Waals surface area contributed by atoms with E-state index in [1.807, 2.05) is 4.90 Å². The molecule has 8 heterocycles. The van der Waals surface area contributed by atoms with Crippen molar-refractivity contribution in [2.75, 3.05) is 39.3 Å². The maximum atomic E-state index is 12.8. The highest BCUT2D eigenvalue weighted by atomic mass is 16.6. The summed E-state index contributed by atoms with van der Waals surface area (Å²) in [5, 5.41) is 30.6. The number of amides is 4. The number of ether oxygens (including phenoxy) is 2. The van der Waals surface area contributed by atoms with Crippen molar-refractivity contribution in [1.82, 2.24) is 30.7 Å². The van der Waals surface area contributed by atoms with Crippen molar-refractivity contribution in [2.24, 2.45) is 10.8 Å². The molecule has 0 aromatic heterocycles. The van der Waals surface area contributed by atoms with E-state index < -0.39 is 15.9 Å². The summed E-state index contributed by atoms with van der Waals surface area (Å²) in [4.78, 5) is 85.7. The number of nitrogens with one attached hydrogen (secondary N) is 3. The molecule has 346 valence electrons. The van der Waals surface area contributed by atoms with Crippen molar-refractivity contribution in [3.63, 3.8) is 0 Å². The van der Waals surface area contributed by atoms with E-state index in [0.717, 1.165) is 110 Å². The Morgan fingerprint density at radius 3 is 1.42 bits per heavy atom. The lowest BCUT2D eigenvalue weighted by Gasteiger charge is -2.46.